The molecule has 0 aliphatic carbocycles. The molecule has 0 bridgehead atoms. The molecule has 0 atom stereocenters. The topological polar surface area (TPSA) is 97.9 Å². The number of benzene rings is 1. The van der Waals surface area contributed by atoms with Gasteiger partial charge in [-0.1, -0.05) is 12.1 Å². The van der Waals surface area contributed by atoms with Crippen molar-refractivity contribution >= 4 is 23.3 Å². The van der Waals surface area contributed by atoms with Crippen molar-refractivity contribution < 1.29 is 14.5 Å². The van der Waals surface area contributed by atoms with Crippen molar-refractivity contribution in [2.75, 3.05) is 5.01 Å². The molecular weight excluding hydrogens is 288 g/mol. The largest absolute Gasteiger partial charge is 0.441 e. The Kier molecular flexibility index (Phi) is 3.26. The van der Waals surface area contributed by atoms with Crippen molar-refractivity contribution in [2.24, 2.45) is 5.10 Å². The number of pyridine rings is 1. The molecule has 0 saturated heterocycles. The molecule has 1 aliphatic rings. The van der Waals surface area contributed by atoms with E-state index in [0.29, 0.717) is 5.75 Å². The minimum Gasteiger partial charge on any atom is -0.441 e. The van der Waals surface area contributed by atoms with E-state index < -0.39 is 10.8 Å². The smallest absolute Gasteiger partial charge is 0.313 e. The van der Waals surface area contributed by atoms with Gasteiger partial charge in [-0.05, 0) is 18.2 Å². The van der Waals surface area contributed by atoms with Crippen LogP contribution in [0.5, 0.6) is 5.75 Å². The van der Waals surface area contributed by atoms with Crippen LogP contribution >= 0.6 is 0 Å². The van der Waals surface area contributed by atoms with Crippen LogP contribution in [0.4, 0.5) is 11.5 Å². The number of hydrogen-bond donors (Lipinski definition) is 0. The predicted octanol–water partition coefficient (Wildman–Crippen LogP) is 2.36. The average Bonchev–Trinajstić information content (AvgIpc) is 2.64. The summed E-state index contributed by atoms with van der Waals surface area (Å²) in [6, 6.07) is 9.27. The zero-order valence-corrected chi connectivity index (χ0v) is 11.5. The van der Waals surface area contributed by atoms with Crippen LogP contribution in [-0.4, -0.2) is 21.7 Å². The fourth-order valence-corrected chi connectivity index (χ4v) is 2.05. The highest BCUT2D eigenvalue weighted by atomic mass is 16.6. The third-order valence-electron chi connectivity index (χ3n) is 2.97. The Morgan fingerprint density at radius 2 is 2.00 bits per heavy atom. The summed E-state index contributed by atoms with van der Waals surface area (Å²) in [6.45, 7) is 1.55. The van der Waals surface area contributed by atoms with Gasteiger partial charge in [0.2, 0.25) is 11.7 Å². The van der Waals surface area contributed by atoms with Crippen molar-refractivity contribution in [3.05, 3.63) is 58.3 Å². The predicted molar refractivity (Wildman–Crippen MR) is 77.9 cm³/mol. The maximum absolute atomic E-state index is 12.6. The van der Waals surface area contributed by atoms with E-state index >= 15 is 0 Å². The first-order valence-electron chi connectivity index (χ1n) is 6.34. The van der Waals surface area contributed by atoms with E-state index in [4.69, 9.17) is 4.74 Å². The minimum absolute atomic E-state index is 0.155. The molecular formula is C14H10N4O4. The van der Waals surface area contributed by atoms with Crippen molar-refractivity contribution in [3.8, 4) is 5.75 Å². The second-order valence-corrected chi connectivity index (χ2v) is 4.44. The number of para-hydroxylation sites is 1. The Hall–Kier alpha value is -3.29. The summed E-state index contributed by atoms with van der Waals surface area (Å²) in [5.41, 5.74) is -0.0603. The van der Waals surface area contributed by atoms with E-state index in [1.807, 2.05) is 0 Å². The number of carbonyl (C=O) groups is 1. The summed E-state index contributed by atoms with van der Waals surface area (Å²) in [5, 5.41) is 16.0. The van der Waals surface area contributed by atoms with Crippen LogP contribution in [-0.2, 0) is 0 Å². The third kappa shape index (κ3) is 2.26. The molecule has 3 rings (SSSR count). The standard InChI is InChI=1S/C14H10N4O4/c1-9-16-17(13-11(18(20)21)6-4-8-15-13)14(19)10-5-2-3-7-12(10)22-9/h2-8H,1H3. The van der Waals surface area contributed by atoms with Crippen LogP contribution in [0, 0.1) is 10.1 Å². The fraction of sp³-hybridized carbons (Fsp3) is 0.0714. The number of ether oxygens (including phenoxy) is 1. The molecule has 2 aromatic rings. The first-order chi connectivity index (χ1) is 10.6. The van der Waals surface area contributed by atoms with E-state index in [1.165, 1.54) is 18.3 Å². The van der Waals surface area contributed by atoms with Gasteiger partial charge in [0.25, 0.3) is 5.91 Å². The summed E-state index contributed by atoms with van der Waals surface area (Å²) in [6.07, 6.45) is 1.36. The number of hydrogen-bond acceptors (Lipinski definition) is 6. The number of amides is 1. The molecule has 1 aromatic heterocycles. The van der Waals surface area contributed by atoms with Crippen LogP contribution < -0.4 is 9.75 Å². The van der Waals surface area contributed by atoms with Gasteiger partial charge in [0.1, 0.15) is 5.75 Å². The summed E-state index contributed by atoms with van der Waals surface area (Å²) >= 11 is 0. The molecule has 8 nitrogen and oxygen atoms in total. The summed E-state index contributed by atoms with van der Waals surface area (Å²) in [5.74, 6) is -0.181. The molecule has 0 fully saturated rings. The highest BCUT2D eigenvalue weighted by Crippen LogP contribution is 2.30. The second-order valence-electron chi connectivity index (χ2n) is 4.44. The summed E-state index contributed by atoms with van der Waals surface area (Å²) < 4.78 is 5.47. The van der Waals surface area contributed by atoms with E-state index in [-0.39, 0.29) is 23.0 Å². The SMILES string of the molecule is CC1=NN(c2ncccc2[N+](=O)[O-])C(=O)c2ccccc2O1. The Bertz CT molecular complexity index is 803. The average molecular weight is 298 g/mol. The Morgan fingerprint density at radius 1 is 1.23 bits per heavy atom. The zero-order chi connectivity index (χ0) is 15.7. The number of aromatic nitrogens is 1. The van der Waals surface area contributed by atoms with E-state index in [1.54, 1.807) is 31.2 Å². The molecule has 2 heterocycles. The van der Waals surface area contributed by atoms with Gasteiger partial charge < -0.3 is 4.74 Å². The summed E-state index contributed by atoms with van der Waals surface area (Å²) in [4.78, 5) is 27.1. The van der Waals surface area contributed by atoms with Gasteiger partial charge in [-0.3, -0.25) is 14.9 Å². The highest BCUT2D eigenvalue weighted by Gasteiger charge is 2.30. The molecule has 0 unspecified atom stereocenters. The van der Waals surface area contributed by atoms with E-state index in [9.17, 15) is 14.9 Å². The van der Waals surface area contributed by atoms with Gasteiger partial charge in [0, 0.05) is 19.2 Å². The van der Waals surface area contributed by atoms with E-state index in [2.05, 4.69) is 10.1 Å². The lowest BCUT2D eigenvalue weighted by atomic mass is 10.2. The zero-order valence-electron chi connectivity index (χ0n) is 11.5. The van der Waals surface area contributed by atoms with Gasteiger partial charge >= 0.3 is 5.69 Å². The first kappa shape index (κ1) is 13.7. The number of nitro groups is 1. The third-order valence-corrected chi connectivity index (χ3v) is 2.97. The lowest BCUT2D eigenvalue weighted by molar-refractivity contribution is -0.384. The number of carbonyl (C=O) groups excluding carboxylic acids is 1. The molecule has 1 aliphatic heterocycles. The maximum atomic E-state index is 12.6. The van der Waals surface area contributed by atoms with Crippen molar-refractivity contribution in [3.63, 3.8) is 0 Å². The van der Waals surface area contributed by atoms with Crippen LogP contribution in [0.3, 0.4) is 0 Å². The molecule has 22 heavy (non-hydrogen) atoms. The number of fused-ring (bicyclic) bond motifs is 1. The van der Waals surface area contributed by atoms with Gasteiger partial charge in [0.15, 0.2) is 0 Å². The molecule has 0 radical (unpaired) electrons. The van der Waals surface area contributed by atoms with Gasteiger partial charge in [-0.25, -0.2) is 4.98 Å². The normalized spacial score (nSPS) is 13.8. The summed E-state index contributed by atoms with van der Waals surface area (Å²) in [7, 11) is 0. The maximum Gasteiger partial charge on any atom is 0.313 e. The van der Waals surface area contributed by atoms with Crippen LogP contribution in [0.1, 0.15) is 17.3 Å². The molecule has 1 amide bonds. The fourth-order valence-electron chi connectivity index (χ4n) is 2.05. The number of hydrazone groups is 1. The van der Waals surface area contributed by atoms with Crippen LogP contribution in [0.2, 0.25) is 0 Å². The van der Waals surface area contributed by atoms with Crippen molar-refractivity contribution in [1.82, 2.24) is 4.98 Å². The molecule has 1 aromatic carbocycles. The lowest BCUT2D eigenvalue weighted by Crippen LogP contribution is -2.27. The van der Waals surface area contributed by atoms with Crippen molar-refractivity contribution in [2.45, 2.75) is 6.92 Å². The van der Waals surface area contributed by atoms with Crippen LogP contribution in [0.15, 0.2) is 47.7 Å². The Morgan fingerprint density at radius 3 is 2.77 bits per heavy atom. The first-order valence-corrected chi connectivity index (χ1v) is 6.34. The molecule has 0 N–H and O–H groups in total. The van der Waals surface area contributed by atoms with Crippen LogP contribution in [0.25, 0.3) is 0 Å². The van der Waals surface area contributed by atoms with E-state index in [0.717, 1.165) is 5.01 Å². The molecule has 0 saturated carbocycles. The molecule has 8 heteroatoms. The molecule has 0 spiro atoms. The minimum atomic E-state index is -0.613. The number of anilines is 1. The molecule has 110 valence electrons. The van der Waals surface area contributed by atoms with Gasteiger partial charge in [-0.15, -0.1) is 5.10 Å². The number of rotatable bonds is 2. The highest BCUT2D eigenvalue weighted by molar-refractivity contribution is 6.10. The van der Waals surface area contributed by atoms with Crippen molar-refractivity contribution in [1.29, 1.82) is 0 Å². The Balaban J connectivity index is 2.17. The second kappa shape index (κ2) is 5.24. The lowest BCUT2D eigenvalue weighted by Gasteiger charge is -2.14. The quantitative estimate of drug-likeness (QED) is 0.626. The van der Waals surface area contributed by atoms with Gasteiger partial charge in [-0.2, -0.15) is 5.01 Å². The number of nitrogens with zero attached hydrogens (tertiary/aromatic N) is 4. The van der Waals surface area contributed by atoms with Gasteiger partial charge in [0.05, 0.1) is 10.5 Å². The Labute approximate surface area is 124 Å². The monoisotopic (exact) mass is 298 g/mol.